The van der Waals surface area contributed by atoms with Crippen LogP contribution in [0.4, 0.5) is 0 Å². The van der Waals surface area contributed by atoms with Crippen molar-refractivity contribution in [1.82, 2.24) is 4.31 Å². The van der Waals surface area contributed by atoms with Crippen molar-refractivity contribution in [3.8, 4) is 0 Å². The highest BCUT2D eigenvalue weighted by Crippen LogP contribution is 2.47. The third kappa shape index (κ3) is 3.36. The van der Waals surface area contributed by atoms with Crippen molar-refractivity contribution in [1.29, 1.82) is 0 Å². The Kier molecular flexibility index (Phi) is 3.69. The number of sulfonamides is 1. The van der Waals surface area contributed by atoms with Gasteiger partial charge in [-0.05, 0) is 24.5 Å². The molecule has 0 spiro atoms. The summed E-state index contributed by atoms with van der Waals surface area (Å²) in [6.45, 7) is 2.19. The summed E-state index contributed by atoms with van der Waals surface area (Å²) in [5.74, 6) is 0.203. The standard InChI is InChI=1S/C12H17NO5S/c1-8-5-10(8)11-4-3-9(18-11)6-13(2)19(16,17)7-12(14)15/h3-4,8,10H,5-7H2,1-2H3,(H,14,15). The van der Waals surface area contributed by atoms with Gasteiger partial charge in [-0.2, -0.15) is 4.31 Å². The van der Waals surface area contributed by atoms with E-state index < -0.39 is 21.7 Å². The zero-order valence-corrected chi connectivity index (χ0v) is 11.7. The number of furan rings is 1. The van der Waals surface area contributed by atoms with Crippen LogP contribution in [0.3, 0.4) is 0 Å². The number of carbonyl (C=O) groups is 1. The van der Waals surface area contributed by atoms with Crippen molar-refractivity contribution < 1.29 is 22.7 Å². The van der Waals surface area contributed by atoms with Crippen LogP contribution in [0.15, 0.2) is 16.5 Å². The summed E-state index contributed by atoms with van der Waals surface area (Å²) in [4.78, 5) is 10.5. The van der Waals surface area contributed by atoms with E-state index in [1.807, 2.05) is 6.07 Å². The van der Waals surface area contributed by atoms with Crippen LogP contribution >= 0.6 is 0 Å². The average molecular weight is 287 g/mol. The molecule has 0 saturated heterocycles. The average Bonchev–Trinajstić information content (AvgIpc) is 2.83. The maximum absolute atomic E-state index is 11.7. The highest BCUT2D eigenvalue weighted by Gasteiger charge is 2.36. The van der Waals surface area contributed by atoms with Crippen LogP contribution in [0.25, 0.3) is 0 Å². The number of rotatable bonds is 6. The van der Waals surface area contributed by atoms with Crippen molar-refractivity contribution >= 4 is 16.0 Å². The first-order chi connectivity index (χ1) is 8.79. The summed E-state index contributed by atoms with van der Waals surface area (Å²) >= 11 is 0. The molecule has 1 aromatic rings. The molecule has 1 N–H and O–H groups in total. The minimum Gasteiger partial charge on any atom is -0.480 e. The van der Waals surface area contributed by atoms with Crippen molar-refractivity contribution in [3.05, 3.63) is 23.7 Å². The molecule has 1 aliphatic rings. The molecular formula is C12H17NO5S. The Morgan fingerprint density at radius 1 is 1.53 bits per heavy atom. The molecule has 106 valence electrons. The maximum Gasteiger partial charge on any atom is 0.320 e. The van der Waals surface area contributed by atoms with Gasteiger partial charge in [-0.1, -0.05) is 6.92 Å². The molecule has 7 heteroatoms. The molecule has 1 aliphatic carbocycles. The van der Waals surface area contributed by atoms with Crippen molar-refractivity contribution in [2.24, 2.45) is 5.92 Å². The van der Waals surface area contributed by atoms with Crippen molar-refractivity contribution in [2.75, 3.05) is 12.8 Å². The minimum absolute atomic E-state index is 0.0523. The molecule has 2 rings (SSSR count). The van der Waals surface area contributed by atoms with Crippen LogP contribution < -0.4 is 0 Å². The molecule has 2 atom stereocenters. The number of aliphatic carboxylic acids is 1. The molecule has 1 heterocycles. The fourth-order valence-corrected chi connectivity index (χ4v) is 2.84. The Morgan fingerprint density at radius 3 is 2.68 bits per heavy atom. The van der Waals surface area contributed by atoms with E-state index in [1.165, 1.54) is 7.05 Å². The van der Waals surface area contributed by atoms with E-state index in [1.54, 1.807) is 6.07 Å². The maximum atomic E-state index is 11.7. The summed E-state index contributed by atoms with van der Waals surface area (Å²) in [6.07, 6.45) is 1.10. The van der Waals surface area contributed by atoms with Gasteiger partial charge in [0.25, 0.3) is 0 Å². The fourth-order valence-electron chi connectivity index (χ4n) is 1.98. The zero-order valence-electron chi connectivity index (χ0n) is 10.9. The van der Waals surface area contributed by atoms with E-state index in [-0.39, 0.29) is 6.54 Å². The SMILES string of the molecule is CC1CC1c1ccc(CN(C)S(=O)(=O)CC(=O)O)o1. The first-order valence-electron chi connectivity index (χ1n) is 6.04. The van der Waals surface area contributed by atoms with E-state index in [9.17, 15) is 13.2 Å². The van der Waals surface area contributed by atoms with E-state index in [2.05, 4.69) is 6.92 Å². The van der Waals surface area contributed by atoms with Crippen LogP contribution in [0.5, 0.6) is 0 Å². The Morgan fingerprint density at radius 2 is 2.16 bits per heavy atom. The lowest BCUT2D eigenvalue weighted by molar-refractivity contribution is -0.134. The van der Waals surface area contributed by atoms with Gasteiger partial charge in [0.15, 0.2) is 5.75 Å². The lowest BCUT2D eigenvalue weighted by Crippen LogP contribution is -2.31. The highest BCUT2D eigenvalue weighted by atomic mass is 32.2. The molecule has 0 aromatic carbocycles. The lowest BCUT2D eigenvalue weighted by atomic mass is 10.3. The summed E-state index contributed by atoms with van der Waals surface area (Å²) in [6, 6.07) is 3.61. The number of hydrogen-bond donors (Lipinski definition) is 1. The Labute approximate surface area is 112 Å². The number of nitrogens with zero attached hydrogens (tertiary/aromatic N) is 1. The second-order valence-electron chi connectivity index (χ2n) is 5.03. The van der Waals surface area contributed by atoms with Crippen molar-refractivity contribution in [3.63, 3.8) is 0 Å². The molecule has 1 saturated carbocycles. The normalized spacial score (nSPS) is 22.7. The van der Waals surface area contributed by atoms with E-state index in [0.717, 1.165) is 16.5 Å². The van der Waals surface area contributed by atoms with Crippen LogP contribution in [-0.4, -0.2) is 36.6 Å². The van der Waals surface area contributed by atoms with E-state index in [0.29, 0.717) is 17.6 Å². The molecular weight excluding hydrogens is 270 g/mol. The second-order valence-corrected chi connectivity index (χ2v) is 7.11. The summed E-state index contributed by atoms with van der Waals surface area (Å²) in [7, 11) is -2.44. The Hall–Kier alpha value is -1.34. The van der Waals surface area contributed by atoms with Gasteiger partial charge in [0.05, 0.1) is 6.54 Å². The number of hydrogen-bond acceptors (Lipinski definition) is 4. The topological polar surface area (TPSA) is 87.8 Å². The summed E-state index contributed by atoms with van der Waals surface area (Å²) in [5, 5.41) is 8.55. The molecule has 0 amide bonds. The Bertz CT molecular complexity index is 577. The third-order valence-corrected chi connectivity index (χ3v) is 5.01. The van der Waals surface area contributed by atoms with Crippen LogP contribution in [0.1, 0.15) is 30.8 Å². The molecule has 6 nitrogen and oxygen atoms in total. The molecule has 1 fully saturated rings. The summed E-state index contributed by atoms with van der Waals surface area (Å²) in [5.41, 5.74) is 0. The largest absolute Gasteiger partial charge is 0.480 e. The monoisotopic (exact) mass is 287 g/mol. The van der Waals surface area contributed by atoms with Gasteiger partial charge >= 0.3 is 5.97 Å². The van der Waals surface area contributed by atoms with Crippen LogP contribution in [-0.2, 0) is 21.4 Å². The van der Waals surface area contributed by atoms with Gasteiger partial charge < -0.3 is 9.52 Å². The smallest absolute Gasteiger partial charge is 0.320 e. The highest BCUT2D eigenvalue weighted by molar-refractivity contribution is 7.89. The zero-order chi connectivity index (χ0) is 14.2. The molecule has 2 unspecified atom stereocenters. The van der Waals surface area contributed by atoms with Gasteiger partial charge in [0, 0.05) is 13.0 Å². The van der Waals surface area contributed by atoms with Crippen LogP contribution in [0.2, 0.25) is 0 Å². The predicted octanol–water partition coefficient (Wildman–Crippen LogP) is 1.25. The lowest BCUT2D eigenvalue weighted by Gasteiger charge is -2.14. The molecule has 1 aromatic heterocycles. The van der Waals surface area contributed by atoms with Gasteiger partial charge in [-0.15, -0.1) is 0 Å². The van der Waals surface area contributed by atoms with Gasteiger partial charge in [-0.25, -0.2) is 8.42 Å². The second kappa shape index (κ2) is 4.97. The van der Waals surface area contributed by atoms with Crippen LogP contribution in [0, 0.1) is 5.92 Å². The van der Waals surface area contributed by atoms with Gasteiger partial charge in [0.1, 0.15) is 11.5 Å². The number of carboxylic acid groups (broad SMARTS) is 1. The summed E-state index contributed by atoms with van der Waals surface area (Å²) < 4.78 is 29.9. The van der Waals surface area contributed by atoms with Gasteiger partial charge in [-0.3, -0.25) is 4.79 Å². The first-order valence-corrected chi connectivity index (χ1v) is 7.65. The number of carboxylic acids is 1. The molecule has 0 aliphatic heterocycles. The van der Waals surface area contributed by atoms with E-state index in [4.69, 9.17) is 9.52 Å². The third-order valence-electron chi connectivity index (χ3n) is 3.32. The molecule has 0 bridgehead atoms. The minimum atomic E-state index is -3.79. The van der Waals surface area contributed by atoms with E-state index >= 15 is 0 Å². The molecule has 19 heavy (non-hydrogen) atoms. The quantitative estimate of drug-likeness (QED) is 0.850. The predicted molar refractivity (Wildman–Crippen MR) is 68.1 cm³/mol. The Balaban J connectivity index is 2.00. The van der Waals surface area contributed by atoms with Gasteiger partial charge in [0.2, 0.25) is 10.0 Å². The molecule has 0 radical (unpaired) electrons. The first kappa shape index (κ1) is 14.1. The van der Waals surface area contributed by atoms with Crippen molar-refractivity contribution in [2.45, 2.75) is 25.8 Å². The fraction of sp³-hybridized carbons (Fsp3) is 0.583.